The van der Waals surface area contributed by atoms with Crippen molar-refractivity contribution in [1.29, 1.82) is 0 Å². The van der Waals surface area contributed by atoms with Crippen LogP contribution in [0.2, 0.25) is 0 Å². The minimum Gasteiger partial charge on any atom is -0.327 e. The molecule has 0 amide bonds. The van der Waals surface area contributed by atoms with Crippen molar-refractivity contribution in [3.05, 3.63) is 24.3 Å². The molecule has 74 valence electrons. The minimum absolute atomic E-state index is 0.794. The summed E-state index contributed by atoms with van der Waals surface area (Å²) in [6.07, 6.45) is 3.61. The predicted molar refractivity (Wildman–Crippen MR) is 56.0 cm³/mol. The third-order valence-corrected chi connectivity index (χ3v) is 2.28. The number of hydrogen-bond acceptors (Lipinski definition) is 3. The van der Waals surface area contributed by atoms with Crippen LogP contribution >= 0.6 is 0 Å². The maximum absolute atomic E-state index is 4.51. The Morgan fingerprint density at radius 3 is 3.07 bits per heavy atom. The van der Waals surface area contributed by atoms with Gasteiger partial charge < -0.3 is 9.88 Å². The van der Waals surface area contributed by atoms with E-state index >= 15 is 0 Å². The zero-order chi connectivity index (χ0) is 9.97. The molecule has 4 heteroatoms. The normalized spacial score (nSPS) is 11.0. The van der Waals surface area contributed by atoms with Crippen LogP contribution < -0.4 is 5.32 Å². The van der Waals surface area contributed by atoms with Crippen LogP contribution in [0.3, 0.4) is 0 Å². The first kappa shape index (κ1) is 9.15. The summed E-state index contributed by atoms with van der Waals surface area (Å²) in [4.78, 5) is 8.58. The number of hydrogen-bond donors (Lipinski definition) is 1. The topological polar surface area (TPSA) is 42.7 Å². The quantitative estimate of drug-likeness (QED) is 0.790. The van der Waals surface area contributed by atoms with Crippen molar-refractivity contribution < 1.29 is 0 Å². The highest BCUT2D eigenvalue weighted by molar-refractivity contribution is 5.74. The van der Waals surface area contributed by atoms with Crippen LogP contribution in [0, 0.1) is 0 Å². The van der Waals surface area contributed by atoms with E-state index in [4.69, 9.17) is 0 Å². The Morgan fingerprint density at radius 1 is 1.50 bits per heavy atom. The Hall–Kier alpha value is -1.42. The fourth-order valence-electron chi connectivity index (χ4n) is 1.68. The average molecular weight is 190 g/mol. The Kier molecular flexibility index (Phi) is 2.45. The van der Waals surface area contributed by atoms with Crippen LogP contribution in [0.1, 0.15) is 12.7 Å². The van der Waals surface area contributed by atoms with Gasteiger partial charge in [0.2, 0.25) is 0 Å². The number of aryl methyl sites for hydroxylation is 1. The summed E-state index contributed by atoms with van der Waals surface area (Å²) < 4.78 is 2.20. The fraction of sp³-hybridized carbons (Fsp3) is 0.400. The lowest BCUT2D eigenvalue weighted by Gasteiger charge is -2.04. The summed E-state index contributed by atoms with van der Waals surface area (Å²) in [6.45, 7) is 3.86. The fourth-order valence-corrected chi connectivity index (χ4v) is 1.68. The van der Waals surface area contributed by atoms with Crippen molar-refractivity contribution in [2.45, 2.75) is 20.0 Å². The van der Waals surface area contributed by atoms with E-state index in [0.29, 0.717) is 0 Å². The van der Waals surface area contributed by atoms with Crippen molar-refractivity contribution in [2.75, 3.05) is 7.05 Å². The summed E-state index contributed by atoms with van der Waals surface area (Å²) in [5, 5.41) is 3.12. The van der Waals surface area contributed by atoms with Gasteiger partial charge >= 0.3 is 0 Å². The van der Waals surface area contributed by atoms with Crippen LogP contribution in [-0.4, -0.2) is 21.6 Å². The number of nitrogens with one attached hydrogen (secondary N) is 1. The highest BCUT2D eigenvalue weighted by Crippen LogP contribution is 2.14. The van der Waals surface area contributed by atoms with E-state index in [2.05, 4.69) is 26.8 Å². The molecule has 2 rings (SSSR count). The smallest absolute Gasteiger partial charge is 0.123 e. The molecular formula is C10H14N4. The maximum atomic E-state index is 4.51. The number of fused-ring (bicyclic) bond motifs is 1. The van der Waals surface area contributed by atoms with Crippen molar-refractivity contribution in [1.82, 2.24) is 19.9 Å². The summed E-state index contributed by atoms with van der Waals surface area (Å²) in [6, 6.07) is 2.00. The van der Waals surface area contributed by atoms with Crippen LogP contribution in [0.15, 0.2) is 18.5 Å². The van der Waals surface area contributed by atoms with Crippen molar-refractivity contribution in [2.24, 2.45) is 0 Å². The lowest BCUT2D eigenvalue weighted by molar-refractivity contribution is 0.670. The largest absolute Gasteiger partial charge is 0.327 e. The first-order valence-corrected chi connectivity index (χ1v) is 4.80. The molecular weight excluding hydrogens is 176 g/mol. The molecule has 0 saturated carbocycles. The van der Waals surface area contributed by atoms with E-state index in [1.165, 1.54) is 0 Å². The van der Waals surface area contributed by atoms with Crippen LogP contribution in [-0.2, 0) is 13.1 Å². The van der Waals surface area contributed by atoms with E-state index in [9.17, 15) is 0 Å². The summed E-state index contributed by atoms with van der Waals surface area (Å²) in [5.74, 6) is 1.07. The summed E-state index contributed by atoms with van der Waals surface area (Å²) in [7, 11) is 1.93. The molecule has 0 unspecified atom stereocenters. The van der Waals surface area contributed by atoms with Gasteiger partial charge in [0.15, 0.2) is 0 Å². The Morgan fingerprint density at radius 2 is 2.36 bits per heavy atom. The number of rotatable bonds is 3. The molecule has 0 aliphatic rings. The highest BCUT2D eigenvalue weighted by atomic mass is 15.1. The molecule has 0 aliphatic carbocycles. The van der Waals surface area contributed by atoms with Gasteiger partial charge in [0.1, 0.15) is 11.3 Å². The van der Waals surface area contributed by atoms with Gasteiger partial charge in [-0.3, -0.25) is 4.98 Å². The molecule has 2 aromatic rings. The average Bonchev–Trinajstić information content (AvgIpc) is 2.55. The predicted octanol–water partition coefficient (Wildman–Crippen LogP) is 1.17. The molecule has 2 heterocycles. The van der Waals surface area contributed by atoms with Crippen LogP contribution in [0.4, 0.5) is 0 Å². The van der Waals surface area contributed by atoms with Gasteiger partial charge in [0, 0.05) is 12.7 Å². The Balaban J connectivity index is 2.60. The van der Waals surface area contributed by atoms with E-state index in [0.717, 1.165) is 29.9 Å². The Labute approximate surface area is 83.0 Å². The van der Waals surface area contributed by atoms with Crippen LogP contribution in [0.5, 0.6) is 0 Å². The molecule has 0 radical (unpaired) electrons. The van der Waals surface area contributed by atoms with Crippen LogP contribution in [0.25, 0.3) is 11.0 Å². The summed E-state index contributed by atoms with van der Waals surface area (Å²) in [5.41, 5.74) is 2.13. The highest BCUT2D eigenvalue weighted by Gasteiger charge is 2.07. The standard InChI is InChI=1S/C10H14N4/c1-3-14-9-4-5-12-6-8(9)13-10(14)7-11-2/h4-6,11H,3,7H2,1-2H3. The molecule has 14 heavy (non-hydrogen) atoms. The Bertz CT molecular complexity index is 433. The molecule has 0 spiro atoms. The van der Waals surface area contributed by atoms with E-state index in [1.54, 1.807) is 12.4 Å². The van der Waals surface area contributed by atoms with Gasteiger partial charge in [-0.05, 0) is 20.0 Å². The van der Waals surface area contributed by atoms with Gasteiger partial charge in [0.05, 0.1) is 18.3 Å². The number of imidazole rings is 1. The summed E-state index contributed by atoms with van der Waals surface area (Å²) >= 11 is 0. The lowest BCUT2D eigenvalue weighted by Crippen LogP contribution is -2.11. The van der Waals surface area contributed by atoms with E-state index in [1.807, 2.05) is 13.1 Å². The van der Waals surface area contributed by atoms with Gasteiger partial charge in [-0.25, -0.2) is 4.98 Å². The number of aromatic nitrogens is 3. The molecule has 0 fully saturated rings. The molecule has 0 atom stereocenters. The second kappa shape index (κ2) is 3.75. The van der Waals surface area contributed by atoms with E-state index in [-0.39, 0.29) is 0 Å². The third-order valence-electron chi connectivity index (χ3n) is 2.28. The van der Waals surface area contributed by atoms with Crippen molar-refractivity contribution >= 4 is 11.0 Å². The first-order valence-electron chi connectivity index (χ1n) is 4.80. The second-order valence-electron chi connectivity index (χ2n) is 3.17. The molecule has 2 aromatic heterocycles. The van der Waals surface area contributed by atoms with Crippen molar-refractivity contribution in [3.63, 3.8) is 0 Å². The second-order valence-corrected chi connectivity index (χ2v) is 3.17. The van der Waals surface area contributed by atoms with Gasteiger partial charge in [-0.1, -0.05) is 0 Å². The first-order chi connectivity index (χ1) is 6.86. The SMILES string of the molecule is CCn1c(CNC)nc2cnccc21. The molecule has 4 nitrogen and oxygen atoms in total. The van der Waals surface area contributed by atoms with Gasteiger partial charge in [0.25, 0.3) is 0 Å². The minimum atomic E-state index is 0.794. The molecule has 0 bridgehead atoms. The van der Waals surface area contributed by atoms with Crippen molar-refractivity contribution in [3.8, 4) is 0 Å². The number of pyridine rings is 1. The number of nitrogens with zero attached hydrogens (tertiary/aromatic N) is 3. The zero-order valence-corrected chi connectivity index (χ0v) is 8.49. The molecule has 0 aromatic carbocycles. The van der Waals surface area contributed by atoms with Gasteiger partial charge in [-0.15, -0.1) is 0 Å². The maximum Gasteiger partial charge on any atom is 0.123 e. The third kappa shape index (κ3) is 1.37. The zero-order valence-electron chi connectivity index (χ0n) is 8.49. The molecule has 1 N–H and O–H groups in total. The van der Waals surface area contributed by atoms with Gasteiger partial charge in [-0.2, -0.15) is 0 Å². The molecule has 0 saturated heterocycles. The van der Waals surface area contributed by atoms with E-state index < -0.39 is 0 Å². The lowest BCUT2D eigenvalue weighted by atomic mass is 10.4. The molecule has 0 aliphatic heterocycles. The monoisotopic (exact) mass is 190 g/mol.